The van der Waals surface area contributed by atoms with Crippen molar-refractivity contribution in [1.82, 2.24) is 9.38 Å². The lowest BCUT2D eigenvalue weighted by atomic mass is 10.2. The van der Waals surface area contributed by atoms with E-state index >= 15 is 0 Å². The van der Waals surface area contributed by atoms with Crippen molar-refractivity contribution in [2.75, 3.05) is 7.11 Å². The summed E-state index contributed by atoms with van der Waals surface area (Å²) in [6, 6.07) is 9.44. The van der Waals surface area contributed by atoms with Crippen LogP contribution in [0, 0.1) is 0 Å². The average molecular weight is 424 g/mol. The molecule has 0 aliphatic carbocycles. The number of nitrogens with zero attached hydrogens (tertiary/aromatic N) is 2. The van der Waals surface area contributed by atoms with Crippen molar-refractivity contribution in [3.8, 4) is 5.75 Å². The Morgan fingerprint density at radius 3 is 2.84 bits per heavy atom. The molecule has 0 saturated heterocycles. The van der Waals surface area contributed by atoms with E-state index in [0.29, 0.717) is 22.1 Å². The number of hydrogen-bond donors (Lipinski definition) is 0. The summed E-state index contributed by atoms with van der Waals surface area (Å²) >= 11 is 9.21. The van der Waals surface area contributed by atoms with Crippen LogP contribution in [0.15, 0.2) is 51.9 Å². The molecule has 25 heavy (non-hydrogen) atoms. The number of carbonyl (C=O) groups excluding carboxylic acids is 1. The lowest BCUT2D eigenvalue weighted by Gasteiger charge is -2.09. The highest BCUT2D eigenvalue weighted by Crippen LogP contribution is 2.23. The largest absolute Gasteiger partial charge is 0.496 e. The summed E-state index contributed by atoms with van der Waals surface area (Å²) in [4.78, 5) is 28.7. The van der Waals surface area contributed by atoms with Gasteiger partial charge in [-0.25, -0.2) is 9.78 Å². The molecule has 3 rings (SSSR count). The number of methoxy groups -OCH3 is 1. The van der Waals surface area contributed by atoms with Gasteiger partial charge in [0.15, 0.2) is 0 Å². The Kier molecular flexibility index (Phi) is 5.06. The van der Waals surface area contributed by atoms with E-state index in [2.05, 4.69) is 20.9 Å². The first-order valence-electron chi connectivity index (χ1n) is 7.16. The monoisotopic (exact) mass is 422 g/mol. The number of carbonyl (C=O) groups is 1. The molecule has 2 heterocycles. The smallest absolute Gasteiger partial charge is 0.342 e. The summed E-state index contributed by atoms with van der Waals surface area (Å²) in [6.45, 7) is -0.143. The van der Waals surface area contributed by atoms with E-state index < -0.39 is 5.97 Å². The van der Waals surface area contributed by atoms with Crippen molar-refractivity contribution >= 4 is 39.1 Å². The predicted molar refractivity (Wildman–Crippen MR) is 96.3 cm³/mol. The van der Waals surface area contributed by atoms with Crippen LogP contribution in [0.1, 0.15) is 16.1 Å². The van der Waals surface area contributed by atoms with Gasteiger partial charge in [-0.15, -0.1) is 0 Å². The second-order valence-electron chi connectivity index (χ2n) is 5.08. The lowest BCUT2D eigenvalue weighted by molar-refractivity contribution is 0.0464. The number of esters is 1. The van der Waals surface area contributed by atoms with Crippen LogP contribution in [0.4, 0.5) is 0 Å². The summed E-state index contributed by atoms with van der Waals surface area (Å²) in [7, 11) is 1.45. The third kappa shape index (κ3) is 3.83. The van der Waals surface area contributed by atoms with Crippen molar-refractivity contribution in [3.05, 3.63) is 73.7 Å². The number of benzene rings is 1. The van der Waals surface area contributed by atoms with Crippen molar-refractivity contribution < 1.29 is 14.3 Å². The van der Waals surface area contributed by atoms with Gasteiger partial charge in [-0.05, 0) is 46.3 Å². The molecule has 0 atom stereocenters. The van der Waals surface area contributed by atoms with Crippen LogP contribution < -0.4 is 10.3 Å². The third-order valence-corrected chi connectivity index (χ3v) is 4.11. The van der Waals surface area contributed by atoms with Gasteiger partial charge in [-0.3, -0.25) is 9.20 Å². The van der Waals surface area contributed by atoms with Gasteiger partial charge in [-0.2, -0.15) is 0 Å². The number of halogens is 2. The Morgan fingerprint density at radius 2 is 2.08 bits per heavy atom. The van der Waals surface area contributed by atoms with Crippen LogP contribution in [-0.2, 0) is 11.3 Å². The van der Waals surface area contributed by atoms with Crippen LogP contribution in [-0.4, -0.2) is 22.5 Å². The maximum Gasteiger partial charge on any atom is 0.342 e. The zero-order valence-corrected chi connectivity index (χ0v) is 15.4. The normalized spacial score (nSPS) is 10.7. The van der Waals surface area contributed by atoms with Crippen LogP contribution >= 0.6 is 27.5 Å². The molecule has 0 fully saturated rings. The molecule has 0 N–H and O–H groups in total. The van der Waals surface area contributed by atoms with Crippen molar-refractivity contribution in [1.29, 1.82) is 0 Å². The maximum atomic E-state index is 12.3. The molecule has 2 aromatic heterocycles. The first-order valence-corrected chi connectivity index (χ1v) is 8.33. The van der Waals surface area contributed by atoms with E-state index in [1.54, 1.807) is 30.5 Å². The zero-order valence-electron chi connectivity index (χ0n) is 13.0. The summed E-state index contributed by atoms with van der Waals surface area (Å²) in [5, 5.41) is 0.389. The molecule has 0 unspecified atom stereocenters. The minimum atomic E-state index is -0.614. The first-order chi connectivity index (χ1) is 12.0. The standard InChI is InChI=1S/C17H12BrClN2O4/c1-24-14-4-3-11(19)6-13(14)17(23)25-9-12-7-16(22)21-8-10(18)2-5-15(21)20-12/h2-8H,9H2,1H3. The van der Waals surface area contributed by atoms with Gasteiger partial charge in [0.2, 0.25) is 0 Å². The number of aromatic nitrogens is 2. The molecule has 8 heteroatoms. The minimum Gasteiger partial charge on any atom is -0.496 e. The van der Waals surface area contributed by atoms with Gasteiger partial charge < -0.3 is 9.47 Å². The molecule has 0 radical (unpaired) electrons. The molecular weight excluding hydrogens is 412 g/mol. The summed E-state index contributed by atoms with van der Waals surface area (Å²) in [6.07, 6.45) is 1.62. The van der Waals surface area contributed by atoms with E-state index in [0.717, 1.165) is 4.47 Å². The fraction of sp³-hybridized carbons (Fsp3) is 0.118. The number of pyridine rings is 1. The molecule has 0 amide bonds. The molecule has 0 spiro atoms. The van der Waals surface area contributed by atoms with Gasteiger partial charge in [0, 0.05) is 21.8 Å². The molecule has 0 aliphatic rings. The highest BCUT2D eigenvalue weighted by atomic mass is 79.9. The predicted octanol–water partition coefficient (Wildman–Crippen LogP) is 3.48. The fourth-order valence-electron chi connectivity index (χ4n) is 2.26. The Bertz CT molecular complexity index is 1020. The summed E-state index contributed by atoms with van der Waals surface area (Å²) in [5.74, 6) is -0.261. The van der Waals surface area contributed by atoms with E-state index in [4.69, 9.17) is 21.1 Å². The van der Waals surface area contributed by atoms with E-state index in [9.17, 15) is 9.59 Å². The van der Waals surface area contributed by atoms with Gasteiger partial charge in [-0.1, -0.05) is 11.6 Å². The van der Waals surface area contributed by atoms with Crippen molar-refractivity contribution in [2.24, 2.45) is 0 Å². The molecule has 128 valence electrons. The fourth-order valence-corrected chi connectivity index (χ4v) is 2.77. The second-order valence-corrected chi connectivity index (χ2v) is 6.43. The minimum absolute atomic E-state index is 0.143. The third-order valence-electron chi connectivity index (χ3n) is 3.41. The van der Waals surface area contributed by atoms with E-state index in [1.165, 1.54) is 23.6 Å². The van der Waals surface area contributed by atoms with Crippen LogP contribution in [0.5, 0.6) is 5.75 Å². The zero-order chi connectivity index (χ0) is 18.0. The quantitative estimate of drug-likeness (QED) is 0.601. The highest BCUT2D eigenvalue weighted by molar-refractivity contribution is 9.10. The molecule has 0 aliphatic heterocycles. The number of rotatable bonds is 4. The maximum absolute atomic E-state index is 12.3. The average Bonchev–Trinajstić information content (AvgIpc) is 2.60. The Balaban J connectivity index is 1.83. The lowest BCUT2D eigenvalue weighted by Crippen LogP contribution is -2.16. The Morgan fingerprint density at radius 1 is 1.28 bits per heavy atom. The highest BCUT2D eigenvalue weighted by Gasteiger charge is 2.15. The SMILES string of the molecule is COc1ccc(Cl)cc1C(=O)OCc1cc(=O)n2cc(Br)ccc2n1. The molecule has 0 bridgehead atoms. The van der Waals surface area contributed by atoms with E-state index in [1.807, 2.05) is 0 Å². The topological polar surface area (TPSA) is 69.9 Å². The van der Waals surface area contributed by atoms with Gasteiger partial charge in [0.25, 0.3) is 5.56 Å². The molecular formula is C17H12BrClN2O4. The van der Waals surface area contributed by atoms with Gasteiger partial charge in [0.05, 0.1) is 12.8 Å². The van der Waals surface area contributed by atoms with Gasteiger partial charge in [0.1, 0.15) is 23.6 Å². The molecule has 0 saturated carbocycles. The Hall–Kier alpha value is -2.38. The van der Waals surface area contributed by atoms with Gasteiger partial charge >= 0.3 is 5.97 Å². The number of hydrogen-bond acceptors (Lipinski definition) is 5. The molecule has 1 aromatic carbocycles. The Labute approximate surface area is 156 Å². The van der Waals surface area contributed by atoms with Crippen molar-refractivity contribution in [3.63, 3.8) is 0 Å². The first kappa shape index (κ1) is 17.4. The van der Waals surface area contributed by atoms with Crippen LogP contribution in [0.3, 0.4) is 0 Å². The number of fused-ring (bicyclic) bond motifs is 1. The molecule has 3 aromatic rings. The number of ether oxygens (including phenoxy) is 2. The van der Waals surface area contributed by atoms with E-state index in [-0.39, 0.29) is 17.7 Å². The molecule has 6 nitrogen and oxygen atoms in total. The summed E-state index contributed by atoms with van der Waals surface area (Å²) < 4.78 is 12.5. The van der Waals surface area contributed by atoms with Crippen LogP contribution in [0.2, 0.25) is 5.02 Å². The summed E-state index contributed by atoms with van der Waals surface area (Å²) in [5.41, 5.74) is 0.748. The second kappa shape index (κ2) is 7.25. The van der Waals surface area contributed by atoms with Crippen molar-refractivity contribution in [2.45, 2.75) is 6.61 Å². The van der Waals surface area contributed by atoms with Crippen LogP contribution in [0.25, 0.3) is 5.65 Å².